The van der Waals surface area contributed by atoms with E-state index in [0.717, 1.165) is 80.2 Å². The summed E-state index contributed by atoms with van der Waals surface area (Å²) in [7, 11) is 5.70. The first-order chi connectivity index (χ1) is 18.6. The molecule has 1 unspecified atom stereocenters. The summed E-state index contributed by atoms with van der Waals surface area (Å²) in [6.45, 7) is 6.18. The van der Waals surface area contributed by atoms with Gasteiger partial charge in [0, 0.05) is 82.8 Å². The zero-order valence-corrected chi connectivity index (χ0v) is 22.2. The molecule has 200 valence electrons. The maximum absolute atomic E-state index is 13.2. The third-order valence-electron chi connectivity index (χ3n) is 7.97. The van der Waals surface area contributed by atoms with Crippen molar-refractivity contribution in [3.63, 3.8) is 0 Å². The molecule has 1 aliphatic carbocycles. The summed E-state index contributed by atoms with van der Waals surface area (Å²) in [4.78, 5) is 27.7. The van der Waals surface area contributed by atoms with Crippen molar-refractivity contribution in [3.8, 4) is 11.3 Å². The normalized spacial score (nSPS) is 20.6. The number of fused-ring (bicyclic) bond motifs is 2. The van der Waals surface area contributed by atoms with Crippen LogP contribution in [0.4, 0.5) is 5.82 Å². The van der Waals surface area contributed by atoms with E-state index in [-0.39, 0.29) is 18.1 Å². The smallest absolute Gasteiger partial charge is 0.257 e. The van der Waals surface area contributed by atoms with Gasteiger partial charge in [0.25, 0.3) is 5.91 Å². The Bertz CT molecular complexity index is 1450. The number of hydrogen-bond donors (Lipinski definition) is 2. The number of aromatic nitrogens is 5. The van der Waals surface area contributed by atoms with Gasteiger partial charge in [0.2, 0.25) is 0 Å². The van der Waals surface area contributed by atoms with Crippen LogP contribution in [0.2, 0.25) is 0 Å². The van der Waals surface area contributed by atoms with Crippen molar-refractivity contribution in [2.45, 2.75) is 31.5 Å². The Kier molecular flexibility index (Phi) is 6.73. The maximum atomic E-state index is 13.2. The number of rotatable bonds is 8. The van der Waals surface area contributed by atoms with Gasteiger partial charge >= 0.3 is 0 Å². The van der Waals surface area contributed by atoms with Crippen molar-refractivity contribution >= 4 is 28.4 Å². The fourth-order valence-electron chi connectivity index (χ4n) is 5.42. The first-order valence-corrected chi connectivity index (χ1v) is 13.3. The lowest BCUT2D eigenvalue weighted by atomic mass is 9.89. The van der Waals surface area contributed by atoms with E-state index in [1.54, 1.807) is 17.8 Å². The molecule has 0 spiro atoms. The molecule has 1 amide bonds. The number of methoxy groups -OCH3 is 1. The molecule has 0 aromatic carbocycles. The molecule has 4 aromatic heterocycles. The van der Waals surface area contributed by atoms with E-state index in [4.69, 9.17) is 14.7 Å². The second-order valence-corrected chi connectivity index (χ2v) is 10.3. The number of carbonyl (C=O) groups excluding carboxylic acids is 1. The van der Waals surface area contributed by atoms with E-state index in [1.165, 1.54) is 0 Å². The second kappa shape index (κ2) is 10.3. The van der Waals surface area contributed by atoms with Crippen LogP contribution in [0.3, 0.4) is 0 Å². The molecular formula is C27H35N9O2. The number of hydrogen-bond acceptors (Lipinski definition) is 8. The number of nitrogens with one attached hydrogen (secondary N) is 2. The third-order valence-corrected chi connectivity index (χ3v) is 7.97. The standard InChI is InChI=1S/C27H35N9O2/c1-28-24-15-22(31-26-19(16-30-36(24)26)27(37)32-21-6-7-23(21)38-3)20-17-35(25-18(20)5-4-8-29-25)14-13-34-11-9-33(2)10-12-34/h4-5,8,15-17,21,23,28H,6-7,9-14H2,1-3H3,(H,32,37)/t21?,23-/m0/s1. The molecule has 4 aromatic rings. The summed E-state index contributed by atoms with van der Waals surface area (Å²) in [5, 5.41) is 11.8. The van der Waals surface area contributed by atoms with E-state index >= 15 is 0 Å². The zero-order valence-electron chi connectivity index (χ0n) is 22.2. The molecular weight excluding hydrogens is 482 g/mol. The van der Waals surface area contributed by atoms with Gasteiger partial charge in [0.1, 0.15) is 17.0 Å². The maximum Gasteiger partial charge on any atom is 0.257 e. The van der Waals surface area contributed by atoms with Gasteiger partial charge in [-0.2, -0.15) is 9.61 Å². The molecule has 38 heavy (non-hydrogen) atoms. The fourth-order valence-corrected chi connectivity index (χ4v) is 5.42. The molecule has 2 atom stereocenters. The van der Waals surface area contributed by atoms with Gasteiger partial charge < -0.3 is 24.8 Å². The second-order valence-electron chi connectivity index (χ2n) is 10.3. The van der Waals surface area contributed by atoms with Crippen molar-refractivity contribution in [1.82, 2.24) is 39.3 Å². The van der Waals surface area contributed by atoms with Crippen molar-refractivity contribution in [3.05, 3.63) is 42.4 Å². The lowest BCUT2D eigenvalue weighted by Gasteiger charge is -2.35. The number of pyridine rings is 1. The highest BCUT2D eigenvalue weighted by atomic mass is 16.5. The van der Waals surface area contributed by atoms with Crippen molar-refractivity contribution in [2.75, 3.05) is 59.2 Å². The molecule has 6 rings (SSSR count). The Labute approximate surface area is 221 Å². The van der Waals surface area contributed by atoms with Gasteiger partial charge in [-0.1, -0.05) is 0 Å². The Morgan fingerprint density at radius 3 is 2.74 bits per heavy atom. The third kappa shape index (κ3) is 4.50. The Balaban J connectivity index is 1.34. The number of anilines is 1. The topological polar surface area (TPSA) is 105 Å². The monoisotopic (exact) mass is 517 g/mol. The van der Waals surface area contributed by atoms with Gasteiger partial charge in [-0.25, -0.2) is 9.97 Å². The Morgan fingerprint density at radius 1 is 1.16 bits per heavy atom. The van der Waals surface area contributed by atoms with Crippen LogP contribution in [0.5, 0.6) is 0 Å². The minimum absolute atomic E-state index is 0.0127. The molecule has 2 N–H and O–H groups in total. The number of ether oxygens (including phenoxy) is 1. The van der Waals surface area contributed by atoms with Gasteiger partial charge in [0.15, 0.2) is 5.65 Å². The number of likely N-dealkylation sites (N-methyl/N-ethyl adjacent to an activating group) is 1. The van der Waals surface area contributed by atoms with Gasteiger partial charge in [-0.15, -0.1) is 0 Å². The Morgan fingerprint density at radius 2 is 2.00 bits per heavy atom. The largest absolute Gasteiger partial charge is 0.379 e. The van der Waals surface area contributed by atoms with Gasteiger partial charge in [-0.05, 0) is 32.0 Å². The fraction of sp³-hybridized carbons (Fsp3) is 0.481. The van der Waals surface area contributed by atoms with Crippen LogP contribution in [0.15, 0.2) is 36.8 Å². The van der Waals surface area contributed by atoms with E-state index < -0.39 is 0 Å². The number of carbonyl (C=O) groups is 1. The molecule has 5 heterocycles. The predicted octanol–water partition coefficient (Wildman–Crippen LogP) is 1.94. The molecule has 1 saturated heterocycles. The van der Waals surface area contributed by atoms with Crippen LogP contribution in [-0.4, -0.2) is 106 Å². The number of nitrogens with zero attached hydrogens (tertiary/aromatic N) is 7. The lowest BCUT2D eigenvalue weighted by molar-refractivity contribution is 0.00732. The van der Waals surface area contributed by atoms with Crippen LogP contribution in [-0.2, 0) is 11.3 Å². The first kappa shape index (κ1) is 24.8. The van der Waals surface area contributed by atoms with Crippen molar-refractivity contribution < 1.29 is 9.53 Å². The summed E-state index contributed by atoms with van der Waals surface area (Å²) in [5.74, 6) is 0.569. The molecule has 2 fully saturated rings. The van der Waals surface area contributed by atoms with Crippen LogP contribution >= 0.6 is 0 Å². The quantitative estimate of drug-likeness (QED) is 0.366. The minimum atomic E-state index is -0.185. The average molecular weight is 518 g/mol. The SMILES string of the molecule is CNc1cc(-c2cn(CCN3CCN(C)CC3)c3ncccc23)nc2c(C(=O)NC3CC[C@@H]3OC)cnn12. The van der Waals surface area contributed by atoms with E-state index in [1.807, 2.05) is 25.4 Å². The molecule has 11 nitrogen and oxygen atoms in total. The van der Waals surface area contributed by atoms with Crippen LogP contribution in [0.1, 0.15) is 23.2 Å². The number of piperazine rings is 1. The summed E-state index contributed by atoms with van der Waals surface area (Å²) < 4.78 is 9.35. The average Bonchev–Trinajstić information content (AvgIpc) is 3.52. The molecule has 0 radical (unpaired) electrons. The molecule has 0 bridgehead atoms. The van der Waals surface area contributed by atoms with Crippen LogP contribution in [0, 0.1) is 0 Å². The summed E-state index contributed by atoms with van der Waals surface area (Å²) in [6.07, 6.45) is 7.48. The highest BCUT2D eigenvalue weighted by molar-refractivity contribution is 6.01. The minimum Gasteiger partial charge on any atom is -0.379 e. The Hall–Kier alpha value is -3.54. The van der Waals surface area contributed by atoms with Crippen LogP contribution in [0.25, 0.3) is 27.9 Å². The highest BCUT2D eigenvalue weighted by Crippen LogP contribution is 2.31. The molecule has 1 aliphatic heterocycles. The summed E-state index contributed by atoms with van der Waals surface area (Å²) >= 11 is 0. The van der Waals surface area contributed by atoms with Crippen molar-refractivity contribution in [2.24, 2.45) is 0 Å². The van der Waals surface area contributed by atoms with Gasteiger partial charge in [0.05, 0.1) is 24.0 Å². The van der Waals surface area contributed by atoms with Crippen molar-refractivity contribution in [1.29, 1.82) is 0 Å². The molecule has 1 saturated carbocycles. The summed E-state index contributed by atoms with van der Waals surface area (Å²) in [5.41, 5.74) is 3.65. The van der Waals surface area contributed by atoms with E-state index in [2.05, 4.69) is 49.4 Å². The molecule has 2 aliphatic rings. The number of amides is 1. The predicted molar refractivity (Wildman–Crippen MR) is 146 cm³/mol. The van der Waals surface area contributed by atoms with E-state index in [0.29, 0.717) is 11.2 Å². The first-order valence-electron chi connectivity index (χ1n) is 13.3. The van der Waals surface area contributed by atoms with Crippen LogP contribution < -0.4 is 10.6 Å². The zero-order chi connectivity index (χ0) is 26.2. The highest BCUT2D eigenvalue weighted by Gasteiger charge is 2.33. The molecule has 11 heteroatoms. The van der Waals surface area contributed by atoms with E-state index in [9.17, 15) is 4.79 Å². The summed E-state index contributed by atoms with van der Waals surface area (Å²) in [6, 6.07) is 6.02. The van der Waals surface area contributed by atoms with Gasteiger partial charge in [-0.3, -0.25) is 9.69 Å². The lowest BCUT2D eigenvalue weighted by Crippen LogP contribution is -2.51.